The first-order valence-corrected chi connectivity index (χ1v) is 5.40. The van der Waals surface area contributed by atoms with E-state index >= 15 is 0 Å². The molecule has 0 amide bonds. The first-order chi connectivity index (χ1) is 4.61. The monoisotopic (exact) mass is 159 g/mol. The van der Waals surface area contributed by atoms with E-state index in [2.05, 4.69) is 22.6 Å². The topological polar surface area (TPSA) is 30.7 Å². The summed E-state index contributed by atoms with van der Waals surface area (Å²) in [5, 5.41) is 5.27. The zero-order valence-corrected chi connectivity index (χ0v) is 7.68. The summed E-state index contributed by atoms with van der Waals surface area (Å²) in [7, 11) is 1.84. The summed E-state index contributed by atoms with van der Waals surface area (Å²) < 4.78 is 1.86. The maximum absolute atomic E-state index is 4.29. The minimum Gasteiger partial charge on any atom is -0.245 e. The molecule has 1 aromatic heterocycles. The largest absolute Gasteiger partial charge is 0.245 e. The number of aryl methyl sites for hydroxylation is 2. The zero-order chi connectivity index (χ0) is 7.72. The Balaban J connectivity index is 3.03. The standard InChI is InChI=1S/C6H13N3S/c1-5-7-6(10(3)4)9(2)8-5/h10H,1-4H3. The smallest absolute Gasteiger partial charge is 0.165 e. The molecule has 0 aliphatic carbocycles. The molecule has 10 heavy (non-hydrogen) atoms. The molecule has 0 N–H and O–H groups in total. The summed E-state index contributed by atoms with van der Waals surface area (Å²) >= 11 is 0. The minimum atomic E-state index is -0.106. The Kier molecular flexibility index (Phi) is 1.99. The summed E-state index contributed by atoms with van der Waals surface area (Å²) in [6.45, 7) is 1.92. The van der Waals surface area contributed by atoms with E-state index in [-0.39, 0.29) is 10.9 Å². The van der Waals surface area contributed by atoms with Gasteiger partial charge in [-0.05, 0) is 19.4 Å². The van der Waals surface area contributed by atoms with Gasteiger partial charge >= 0.3 is 0 Å². The molecule has 0 radical (unpaired) electrons. The Morgan fingerprint density at radius 2 is 2.00 bits per heavy atom. The van der Waals surface area contributed by atoms with E-state index in [0.29, 0.717) is 0 Å². The minimum absolute atomic E-state index is 0.106. The average Bonchev–Trinajstić information content (AvgIpc) is 2.10. The van der Waals surface area contributed by atoms with Gasteiger partial charge in [-0.2, -0.15) is 16.0 Å². The summed E-state index contributed by atoms with van der Waals surface area (Å²) in [5.74, 6) is 0.869. The van der Waals surface area contributed by atoms with Crippen LogP contribution in [0.15, 0.2) is 5.16 Å². The molecule has 1 aromatic rings. The normalized spacial score (nSPS) is 11.8. The molecule has 0 atom stereocenters. The predicted molar refractivity (Wildman–Crippen MR) is 44.8 cm³/mol. The van der Waals surface area contributed by atoms with Crippen molar-refractivity contribution in [1.29, 1.82) is 0 Å². The Morgan fingerprint density at radius 3 is 2.20 bits per heavy atom. The second-order valence-corrected chi connectivity index (χ2v) is 4.67. The fraction of sp³-hybridized carbons (Fsp3) is 0.667. The average molecular weight is 159 g/mol. The summed E-state index contributed by atoms with van der Waals surface area (Å²) in [4.78, 5) is 4.29. The Morgan fingerprint density at radius 1 is 1.40 bits per heavy atom. The molecular formula is C6H13N3S. The Bertz CT molecular complexity index is 229. The Hall–Kier alpha value is -0.510. The molecule has 0 aromatic carbocycles. The molecular weight excluding hydrogens is 146 g/mol. The van der Waals surface area contributed by atoms with E-state index in [1.165, 1.54) is 0 Å². The van der Waals surface area contributed by atoms with Gasteiger partial charge in [0, 0.05) is 7.05 Å². The van der Waals surface area contributed by atoms with Crippen LogP contribution in [0.25, 0.3) is 0 Å². The quantitative estimate of drug-likeness (QED) is 0.613. The van der Waals surface area contributed by atoms with Crippen LogP contribution in [0.2, 0.25) is 0 Å². The van der Waals surface area contributed by atoms with Gasteiger partial charge in [-0.1, -0.05) is 0 Å². The van der Waals surface area contributed by atoms with Crippen LogP contribution in [0.4, 0.5) is 0 Å². The van der Waals surface area contributed by atoms with Crippen molar-refractivity contribution in [2.75, 3.05) is 12.5 Å². The van der Waals surface area contributed by atoms with Gasteiger partial charge in [0.15, 0.2) is 5.16 Å². The van der Waals surface area contributed by atoms with Crippen molar-refractivity contribution in [3.63, 3.8) is 0 Å². The number of rotatable bonds is 1. The third-order valence-electron chi connectivity index (χ3n) is 1.25. The SMILES string of the molecule is Cc1nc([SH](C)C)n(C)n1. The van der Waals surface area contributed by atoms with Crippen LogP contribution in [-0.4, -0.2) is 27.3 Å². The van der Waals surface area contributed by atoms with Crippen LogP contribution in [0.3, 0.4) is 0 Å². The van der Waals surface area contributed by atoms with Crippen molar-refractivity contribution < 1.29 is 0 Å². The fourth-order valence-electron chi connectivity index (χ4n) is 0.891. The molecule has 3 nitrogen and oxygen atoms in total. The van der Waals surface area contributed by atoms with Crippen LogP contribution in [-0.2, 0) is 7.05 Å². The van der Waals surface area contributed by atoms with Crippen molar-refractivity contribution in [1.82, 2.24) is 14.8 Å². The van der Waals surface area contributed by atoms with Crippen LogP contribution in [0, 0.1) is 6.92 Å². The Labute approximate surface area is 63.8 Å². The van der Waals surface area contributed by atoms with Crippen LogP contribution in [0.1, 0.15) is 5.82 Å². The van der Waals surface area contributed by atoms with Gasteiger partial charge in [0.05, 0.1) is 0 Å². The van der Waals surface area contributed by atoms with Crippen molar-refractivity contribution >= 4 is 10.9 Å². The molecule has 0 spiro atoms. The highest BCUT2D eigenvalue weighted by Crippen LogP contribution is 2.24. The van der Waals surface area contributed by atoms with E-state index in [4.69, 9.17) is 0 Å². The van der Waals surface area contributed by atoms with E-state index in [1.54, 1.807) is 0 Å². The summed E-state index contributed by atoms with van der Waals surface area (Å²) in [6.07, 6.45) is 4.36. The van der Waals surface area contributed by atoms with Gasteiger partial charge in [-0.15, -0.1) is 0 Å². The third kappa shape index (κ3) is 1.31. The first kappa shape index (κ1) is 7.60. The molecule has 1 heterocycles. The van der Waals surface area contributed by atoms with E-state index in [1.807, 2.05) is 18.7 Å². The number of aromatic nitrogens is 3. The molecule has 0 saturated heterocycles. The van der Waals surface area contributed by atoms with Crippen LogP contribution < -0.4 is 0 Å². The summed E-state index contributed by atoms with van der Waals surface area (Å²) in [5.41, 5.74) is 0. The second-order valence-electron chi connectivity index (χ2n) is 2.48. The first-order valence-electron chi connectivity index (χ1n) is 3.16. The lowest BCUT2D eigenvalue weighted by atomic mass is 10.8. The zero-order valence-electron chi connectivity index (χ0n) is 6.79. The van der Waals surface area contributed by atoms with Crippen molar-refractivity contribution in [2.45, 2.75) is 12.1 Å². The van der Waals surface area contributed by atoms with Gasteiger partial charge in [0.2, 0.25) is 0 Å². The number of hydrogen-bond donors (Lipinski definition) is 1. The number of thiol groups is 1. The molecule has 1 rings (SSSR count). The highest BCUT2D eigenvalue weighted by Gasteiger charge is 2.03. The van der Waals surface area contributed by atoms with E-state index < -0.39 is 0 Å². The number of hydrogen-bond acceptors (Lipinski definition) is 2. The molecule has 0 fully saturated rings. The molecule has 4 heteroatoms. The van der Waals surface area contributed by atoms with Gasteiger partial charge in [-0.25, -0.2) is 9.67 Å². The maximum atomic E-state index is 4.29. The van der Waals surface area contributed by atoms with E-state index in [9.17, 15) is 0 Å². The van der Waals surface area contributed by atoms with Gasteiger partial charge in [-0.3, -0.25) is 0 Å². The van der Waals surface area contributed by atoms with Crippen molar-refractivity contribution in [3.8, 4) is 0 Å². The highest BCUT2D eigenvalue weighted by atomic mass is 32.2. The molecule has 0 unspecified atom stereocenters. The highest BCUT2D eigenvalue weighted by molar-refractivity contribution is 8.15. The molecule has 0 saturated carbocycles. The molecule has 58 valence electrons. The van der Waals surface area contributed by atoms with Gasteiger partial charge in [0.1, 0.15) is 5.82 Å². The lowest BCUT2D eigenvalue weighted by Crippen LogP contribution is -1.95. The second kappa shape index (κ2) is 2.62. The van der Waals surface area contributed by atoms with E-state index in [0.717, 1.165) is 11.0 Å². The number of nitrogens with zero attached hydrogens (tertiary/aromatic N) is 3. The molecule has 0 aliphatic rings. The summed E-state index contributed by atoms with van der Waals surface area (Å²) in [6, 6.07) is 0. The fourth-order valence-corrected chi connectivity index (χ4v) is 1.86. The molecule has 0 bridgehead atoms. The van der Waals surface area contributed by atoms with Gasteiger partial charge < -0.3 is 0 Å². The van der Waals surface area contributed by atoms with Crippen LogP contribution in [0.5, 0.6) is 0 Å². The van der Waals surface area contributed by atoms with Crippen molar-refractivity contribution in [2.24, 2.45) is 7.05 Å². The van der Waals surface area contributed by atoms with Crippen LogP contribution >= 0.6 is 10.9 Å². The predicted octanol–water partition coefficient (Wildman–Crippen LogP) is 0.743. The lowest BCUT2D eigenvalue weighted by Gasteiger charge is -2.05. The van der Waals surface area contributed by atoms with Gasteiger partial charge in [0.25, 0.3) is 0 Å². The van der Waals surface area contributed by atoms with Crippen molar-refractivity contribution in [3.05, 3.63) is 5.82 Å². The molecule has 0 aliphatic heterocycles. The maximum Gasteiger partial charge on any atom is 0.165 e. The third-order valence-corrected chi connectivity index (χ3v) is 2.44. The lowest BCUT2D eigenvalue weighted by molar-refractivity contribution is 0.681.